The summed E-state index contributed by atoms with van der Waals surface area (Å²) in [5, 5.41) is 7.32. The van der Waals surface area contributed by atoms with Crippen LogP contribution in [0.25, 0.3) is 0 Å². The highest BCUT2D eigenvalue weighted by molar-refractivity contribution is 6.31. The van der Waals surface area contributed by atoms with Gasteiger partial charge in [0, 0.05) is 50.7 Å². The van der Waals surface area contributed by atoms with E-state index in [9.17, 15) is 9.18 Å². The van der Waals surface area contributed by atoms with Crippen LogP contribution >= 0.6 is 11.6 Å². The molecule has 152 valence electrons. The molecule has 1 amide bonds. The summed E-state index contributed by atoms with van der Waals surface area (Å²) in [5.74, 6) is -0.0669. The number of rotatable bonds is 4. The summed E-state index contributed by atoms with van der Waals surface area (Å²) in [6.07, 6.45) is 8.23. The number of hydrogen-bond acceptors (Lipinski definition) is 4. The number of allylic oxidation sites excluding steroid dienone is 2. The predicted octanol–water partition coefficient (Wildman–Crippen LogP) is 3.23. The van der Waals surface area contributed by atoms with E-state index in [1.54, 1.807) is 11.0 Å². The first kappa shape index (κ1) is 19.7. The third-order valence-corrected chi connectivity index (χ3v) is 5.58. The zero-order valence-electron chi connectivity index (χ0n) is 16.2. The van der Waals surface area contributed by atoms with E-state index in [1.807, 2.05) is 31.3 Å². The smallest absolute Gasteiger partial charge is 0.256 e. The van der Waals surface area contributed by atoms with E-state index in [4.69, 9.17) is 11.6 Å². The van der Waals surface area contributed by atoms with E-state index in [0.717, 1.165) is 31.1 Å². The van der Waals surface area contributed by atoms with Crippen LogP contribution in [-0.2, 0) is 0 Å². The number of aromatic amines is 1. The number of amides is 1. The summed E-state index contributed by atoms with van der Waals surface area (Å²) in [5.41, 5.74) is 1.05. The van der Waals surface area contributed by atoms with Crippen LogP contribution in [0.2, 0.25) is 5.02 Å². The van der Waals surface area contributed by atoms with Gasteiger partial charge in [0.15, 0.2) is 11.6 Å². The highest BCUT2D eigenvalue weighted by Crippen LogP contribution is 2.22. The van der Waals surface area contributed by atoms with Crippen LogP contribution in [0.4, 0.5) is 10.2 Å². The topological polar surface area (TPSA) is 55.5 Å². The van der Waals surface area contributed by atoms with Crippen molar-refractivity contribution in [3.8, 4) is 0 Å². The van der Waals surface area contributed by atoms with Crippen LogP contribution in [0.5, 0.6) is 0 Å². The van der Waals surface area contributed by atoms with Crippen molar-refractivity contribution >= 4 is 23.3 Å². The van der Waals surface area contributed by atoms with Gasteiger partial charge in [-0.25, -0.2) is 4.39 Å². The van der Waals surface area contributed by atoms with Gasteiger partial charge in [0.25, 0.3) is 5.91 Å². The number of aromatic nitrogens is 2. The highest BCUT2D eigenvalue weighted by atomic mass is 35.5. The molecule has 4 rings (SSSR count). The molecule has 0 spiro atoms. The van der Waals surface area contributed by atoms with Crippen LogP contribution in [-0.4, -0.2) is 64.7 Å². The molecule has 8 heteroatoms. The Morgan fingerprint density at radius 2 is 2.07 bits per heavy atom. The van der Waals surface area contributed by atoms with Gasteiger partial charge in [-0.05, 0) is 25.1 Å². The zero-order valence-corrected chi connectivity index (χ0v) is 16.9. The Morgan fingerprint density at radius 3 is 2.79 bits per heavy atom. The van der Waals surface area contributed by atoms with Crippen LogP contribution in [0.15, 0.2) is 48.7 Å². The molecule has 29 heavy (non-hydrogen) atoms. The van der Waals surface area contributed by atoms with Crippen LogP contribution in [0.3, 0.4) is 0 Å². The SMILES string of the molecule is Cc1cc(N2C=CC=CC2CN2CCN(C(=O)c3cccc(Cl)c3F)CC2)n[nH]1. The first-order chi connectivity index (χ1) is 14.0. The van der Waals surface area contributed by atoms with E-state index in [2.05, 4.69) is 26.1 Å². The molecule has 2 aliphatic heterocycles. The number of H-pyrrole nitrogens is 1. The lowest BCUT2D eigenvalue weighted by Crippen LogP contribution is -2.52. The Labute approximate surface area is 174 Å². The zero-order chi connectivity index (χ0) is 20.4. The number of anilines is 1. The fourth-order valence-corrected chi connectivity index (χ4v) is 3.88. The number of carbonyl (C=O) groups excluding carboxylic acids is 1. The molecule has 0 aliphatic carbocycles. The lowest BCUT2D eigenvalue weighted by atomic mass is 10.1. The van der Waals surface area contributed by atoms with Crippen molar-refractivity contribution in [3.05, 3.63) is 70.8 Å². The Balaban J connectivity index is 1.37. The van der Waals surface area contributed by atoms with Crippen molar-refractivity contribution in [2.45, 2.75) is 13.0 Å². The van der Waals surface area contributed by atoms with Crippen molar-refractivity contribution in [1.29, 1.82) is 0 Å². The summed E-state index contributed by atoms with van der Waals surface area (Å²) >= 11 is 5.82. The number of carbonyl (C=O) groups is 1. The van der Waals surface area contributed by atoms with E-state index in [-0.39, 0.29) is 22.5 Å². The summed E-state index contributed by atoms with van der Waals surface area (Å²) < 4.78 is 14.2. The number of benzene rings is 1. The molecular formula is C21H23ClFN5O. The van der Waals surface area contributed by atoms with Crippen molar-refractivity contribution in [3.63, 3.8) is 0 Å². The molecule has 2 aromatic rings. The van der Waals surface area contributed by atoms with Gasteiger partial charge in [0.2, 0.25) is 0 Å². The third kappa shape index (κ3) is 4.21. The quantitative estimate of drug-likeness (QED) is 0.833. The molecule has 0 bridgehead atoms. The summed E-state index contributed by atoms with van der Waals surface area (Å²) in [4.78, 5) is 18.8. The second-order valence-electron chi connectivity index (χ2n) is 7.30. The van der Waals surface area contributed by atoms with Gasteiger partial charge >= 0.3 is 0 Å². The first-order valence-electron chi connectivity index (χ1n) is 9.64. The Hall–Kier alpha value is -2.64. The van der Waals surface area contributed by atoms with Gasteiger partial charge in [0.05, 0.1) is 16.6 Å². The number of halogens is 2. The Kier molecular flexibility index (Phi) is 5.69. The highest BCUT2D eigenvalue weighted by Gasteiger charge is 2.27. The van der Waals surface area contributed by atoms with Crippen molar-refractivity contribution in [2.75, 3.05) is 37.6 Å². The molecule has 1 atom stereocenters. The van der Waals surface area contributed by atoms with E-state index >= 15 is 0 Å². The molecule has 1 aromatic heterocycles. The summed E-state index contributed by atoms with van der Waals surface area (Å²) in [6, 6.07) is 6.72. The second-order valence-corrected chi connectivity index (χ2v) is 7.71. The number of nitrogens with one attached hydrogen (secondary N) is 1. The lowest BCUT2D eigenvalue weighted by molar-refractivity contribution is 0.0630. The number of hydrogen-bond donors (Lipinski definition) is 1. The van der Waals surface area contributed by atoms with Crippen LogP contribution < -0.4 is 4.90 Å². The molecule has 1 fully saturated rings. The average Bonchev–Trinajstić information content (AvgIpc) is 3.17. The first-order valence-corrected chi connectivity index (χ1v) is 10.0. The molecule has 2 aliphatic rings. The standard InChI is InChI=1S/C21H23ClFN5O/c1-15-13-19(25-24-15)28-8-3-2-5-16(28)14-26-9-11-27(12-10-26)21(29)17-6-4-7-18(22)20(17)23/h2-8,13,16H,9-12,14H2,1H3,(H,24,25). The van der Waals surface area contributed by atoms with Crippen LogP contribution in [0.1, 0.15) is 16.1 Å². The van der Waals surface area contributed by atoms with Crippen molar-refractivity contribution in [1.82, 2.24) is 20.0 Å². The van der Waals surface area contributed by atoms with Gasteiger partial charge in [-0.1, -0.05) is 29.8 Å². The summed E-state index contributed by atoms with van der Waals surface area (Å²) in [6.45, 7) is 5.37. The van der Waals surface area contributed by atoms with Gasteiger partial charge in [-0.15, -0.1) is 0 Å². The maximum atomic E-state index is 14.2. The minimum atomic E-state index is -0.648. The molecule has 6 nitrogen and oxygen atoms in total. The van der Waals surface area contributed by atoms with E-state index in [1.165, 1.54) is 12.1 Å². The fourth-order valence-electron chi connectivity index (χ4n) is 3.71. The lowest BCUT2D eigenvalue weighted by Gasteiger charge is -2.38. The van der Waals surface area contributed by atoms with E-state index < -0.39 is 5.82 Å². The maximum Gasteiger partial charge on any atom is 0.256 e. The van der Waals surface area contributed by atoms with Gasteiger partial charge in [0.1, 0.15) is 0 Å². The Morgan fingerprint density at radius 1 is 1.28 bits per heavy atom. The molecule has 0 radical (unpaired) electrons. The predicted molar refractivity (Wildman–Crippen MR) is 112 cm³/mol. The summed E-state index contributed by atoms with van der Waals surface area (Å²) in [7, 11) is 0. The van der Waals surface area contributed by atoms with Crippen molar-refractivity contribution in [2.24, 2.45) is 0 Å². The normalized spacial score (nSPS) is 19.8. The van der Waals surface area contributed by atoms with E-state index in [0.29, 0.717) is 13.1 Å². The number of aryl methyl sites for hydroxylation is 1. The number of piperazine rings is 1. The monoisotopic (exact) mass is 415 g/mol. The minimum absolute atomic E-state index is 0.0275. The molecule has 1 saturated heterocycles. The maximum absolute atomic E-state index is 14.2. The van der Waals surface area contributed by atoms with Crippen LogP contribution in [0, 0.1) is 12.7 Å². The fraction of sp³-hybridized carbons (Fsp3) is 0.333. The molecular weight excluding hydrogens is 393 g/mol. The Bertz CT molecular complexity index is 948. The molecule has 1 unspecified atom stereocenters. The van der Waals surface area contributed by atoms with Crippen molar-refractivity contribution < 1.29 is 9.18 Å². The minimum Gasteiger partial charge on any atom is -0.336 e. The number of nitrogens with zero attached hydrogens (tertiary/aromatic N) is 4. The molecule has 1 aromatic carbocycles. The molecule has 0 saturated carbocycles. The molecule has 1 N–H and O–H groups in total. The second kappa shape index (κ2) is 8.39. The molecule has 3 heterocycles. The van der Waals surface area contributed by atoms with Gasteiger partial charge in [-0.2, -0.15) is 5.10 Å². The average molecular weight is 416 g/mol. The third-order valence-electron chi connectivity index (χ3n) is 5.29. The largest absolute Gasteiger partial charge is 0.336 e. The van der Waals surface area contributed by atoms with Gasteiger partial charge < -0.3 is 9.80 Å². The van der Waals surface area contributed by atoms with Gasteiger partial charge in [-0.3, -0.25) is 14.8 Å².